The molecule has 6 rings (SSSR count). The summed E-state index contributed by atoms with van der Waals surface area (Å²) >= 11 is 1.33. The fourth-order valence-electron chi connectivity index (χ4n) is 5.71. The van der Waals surface area contributed by atoms with Gasteiger partial charge in [0.2, 0.25) is 0 Å². The molecule has 1 aliphatic carbocycles. The topological polar surface area (TPSA) is 97.0 Å². The van der Waals surface area contributed by atoms with Crippen LogP contribution in [-0.4, -0.2) is 29.5 Å². The van der Waals surface area contributed by atoms with Crippen molar-refractivity contribution in [1.82, 2.24) is 15.0 Å². The third kappa shape index (κ3) is 5.84. The third-order valence-corrected chi connectivity index (χ3v) is 10.3. The molecule has 2 heterocycles. The van der Waals surface area contributed by atoms with Crippen molar-refractivity contribution in [2.75, 3.05) is 4.72 Å². The first kappa shape index (κ1) is 28.2. The molecule has 5 aromatic rings. The molecule has 7 nitrogen and oxygen atoms in total. The van der Waals surface area contributed by atoms with E-state index in [-0.39, 0.29) is 11.0 Å². The summed E-state index contributed by atoms with van der Waals surface area (Å²) < 4.78 is 36.3. The number of ether oxygens (including phenoxy) is 1. The van der Waals surface area contributed by atoms with Gasteiger partial charge in [-0.1, -0.05) is 67.6 Å². The minimum atomic E-state index is -3.91. The van der Waals surface area contributed by atoms with Crippen molar-refractivity contribution < 1.29 is 13.2 Å². The van der Waals surface area contributed by atoms with Crippen LogP contribution in [0, 0.1) is 19.3 Å². The molecule has 2 aromatic heterocycles. The Hall–Kier alpha value is -3.95. The molecule has 1 saturated carbocycles. The van der Waals surface area contributed by atoms with Crippen LogP contribution in [0.4, 0.5) is 5.13 Å². The summed E-state index contributed by atoms with van der Waals surface area (Å²) in [6.07, 6.45) is 6.63. The first-order chi connectivity index (χ1) is 20.1. The number of sulfonamides is 1. The molecule has 0 radical (unpaired) electrons. The second kappa shape index (κ2) is 11.0. The van der Waals surface area contributed by atoms with Crippen molar-refractivity contribution >= 4 is 26.5 Å². The van der Waals surface area contributed by atoms with Gasteiger partial charge in [-0.2, -0.15) is 0 Å². The Morgan fingerprint density at radius 3 is 2.45 bits per heavy atom. The van der Waals surface area contributed by atoms with Gasteiger partial charge in [-0.25, -0.2) is 18.4 Å². The van der Waals surface area contributed by atoms with Crippen LogP contribution in [0.15, 0.2) is 84.1 Å². The van der Waals surface area contributed by atoms with Crippen LogP contribution < -0.4 is 9.46 Å². The summed E-state index contributed by atoms with van der Waals surface area (Å²) in [5.41, 5.74) is 6.59. The number of H-pyrrole nitrogens is 1. The largest absolute Gasteiger partial charge is 0.490 e. The molecule has 1 atom stereocenters. The molecule has 216 valence electrons. The predicted octanol–water partition coefficient (Wildman–Crippen LogP) is 8.24. The van der Waals surface area contributed by atoms with E-state index in [4.69, 9.17) is 9.72 Å². The molecule has 1 fully saturated rings. The first-order valence-corrected chi connectivity index (χ1v) is 16.3. The number of thiazole rings is 1. The number of rotatable bonds is 8. The van der Waals surface area contributed by atoms with Crippen LogP contribution in [0.3, 0.4) is 0 Å². The van der Waals surface area contributed by atoms with Crippen molar-refractivity contribution in [1.29, 1.82) is 0 Å². The van der Waals surface area contributed by atoms with Crippen molar-refractivity contribution in [3.05, 3.63) is 90.4 Å². The number of anilines is 1. The average molecular weight is 599 g/mol. The number of nitrogens with zero attached hydrogens (tertiary/aromatic N) is 2. The Balaban J connectivity index is 1.37. The zero-order valence-electron chi connectivity index (χ0n) is 24.1. The molecule has 0 aliphatic heterocycles. The van der Waals surface area contributed by atoms with E-state index in [9.17, 15) is 8.42 Å². The molecule has 0 spiro atoms. The number of hydrogen-bond acceptors (Lipinski definition) is 6. The van der Waals surface area contributed by atoms with Crippen molar-refractivity contribution in [2.24, 2.45) is 5.41 Å². The Bertz CT molecular complexity index is 1820. The maximum absolute atomic E-state index is 13.6. The highest BCUT2D eigenvalue weighted by molar-refractivity contribution is 7.93. The molecule has 3 aromatic carbocycles. The summed E-state index contributed by atoms with van der Waals surface area (Å²) in [4.78, 5) is 13.0. The van der Waals surface area contributed by atoms with E-state index in [0.29, 0.717) is 10.5 Å². The van der Waals surface area contributed by atoms with E-state index in [1.165, 1.54) is 11.3 Å². The van der Waals surface area contributed by atoms with Gasteiger partial charge in [0.1, 0.15) is 5.75 Å². The van der Waals surface area contributed by atoms with E-state index in [1.54, 1.807) is 30.7 Å². The summed E-state index contributed by atoms with van der Waals surface area (Å²) in [6, 6.07) is 20.9. The molecule has 2 N–H and O–H groups in total. The molecular formula is C33H34N4O3S2. The minimum absolute atomic E-state index is 0.148. The van der Waals surface area contributed by atoms with Crippen LogP contribution in [0.2, 0.25) is 0 Å². The van der Waals surface area contributed by atoms with Crippen molar-refractivity contribution in [3.63, 3.8) is 0 Å². The van der Waals surface area contributed by atoms with E-state index in [0.717, 1.165) is 69.1 Å². The maximum atomic E-state index is 13.6. The van der Waals surface area contributed by atoms with Crippen molar-refractivity contribution in [2.45, 2.75) is 58.0 Å². The lowest BCUT2D eigenvalue weighted by atomic mass is 9.92. The number of aromatic amines is 1. The van der Waals surface area contributed by atoms with E-state index in [1.807, 2.05) is 36.4 Å². The lowest BCUT2D eigenvalue weighted by Crippen LogP contribution is -2.14. The Morgan fingerprint density at radius 1 is 1.00 bits per heavy atom. The van der Waals surface area contributed by atoms with E-state index < -0.39 is 10.0 Å². The fraction of sp³-hybridized carbons (Fsp3) is 0.273. The lowest BCUT2D eigenvalue weighted by Gasteiger charge is -2.18. The van der Waals surface area contributed by atoms with Crippen LogP contribution in [-0.2, 0) is 10.0 Å². The Labute approximate surface area is 251 Å². The van der Waals surface area contributed by atoms with Gasteiger partial charge in [0.25, 0.3) is 10.0 Å². The molecule has 1 aliphatic rings. The number of aromatic nitrogens is 3. The monoisotopic (exact) mass is 598 g/mol. The number of imidazole rings is 1. The number of hydrogen-bond donors (Lipinski definition) is 2. The number of nitrogens with one attached hydrogen (secondary N) is 2. The second-order valence-corrected chi connectivity index (χ2v) is 14.4. The minimum Gasteiger partial charge on any atom is -0.490 e. The molecule has 42 heavy (non-hydrogen) atoms. The van der Waals surface area contributed by atoms with Gasteiger partial charge < -0.3 is 9.72 Å². The maximum Gasteiger partial charge on any atom is 0.263 e. The number of benzene rings is 3. The summed E-state index contributed by atoms with van der Waals surface area (Å²) in [6.45, 7) is 8.68. The average Bonchev–Trinajstić information content (AvgIpc) is 3.70. The highest BCUT2D eigenvalue weighted by Crippen LogP contribution is 2.44. The zero-order valence-corrected chi connectivity index (χ0v) is 25.8. The summed E-state index contributed by atoms with van der Waals surface area (Å²) in [7, 11) is -3.91. The van der Waals surface area contributed by atoms with Gasteiger partial charge in [0.05, 0.1) is 39.8 Å². The molecule has 0 amide bonds. The molecule has 0 bridgehead atoms. The highest BCUT2D eigenvalue weighted by Gasteiger charge is 2.32. The summed E-state index contributed by atoms with van der Waals surface area (Å²) in [5.74, 6) is 0.814. The zero-order chi connectivity index (χ0) is 29.5. The van der Waals surface area contributed by atoms with E-state index in [2.05, 4.69) is 54.5 Å². The standard InChI is InChI=1S/C33H34N4O3S2/c1-21-8-5-9-22(2)29(21)30-31(24-11-6-12-25(16-24)40-26-14-15-33(3,4)18-26)41-32(36-30)37-42(38,39)27-13-7-10-23(17-27)28-19-34-20-35-28/h5-13,16-17,19-20,26H,14-15,18H2,1-4H3,(H,34,35)(H,36,37). The normalized spacial score (nSPS) is 16.4. The summed E-state index contributed by atoms with van der Waals surface area (Å²) in [5, 5.41) is 0.304. The second-order valence-electron chi connectivity index (χ2n) is 11.7. The van der Waals surface area contributed by atoms with E-state index >= 15 is 0 Å². The quantitative estimate of drug-likeness (QED) is 0.187. The number of aryl methyl sites for hydroxylation is 2. The van der Waals surface area contributed by atoms with Gasteiger partial charge in [-0.15, -0.1) is 0 Å². The molecular weight excluding hydrogens is 565 g/mol. The lowest BCUT2D eigenvalue weighted by molar-refractivity contribution is 0.193. The van der Waals surface area contributed by atoms with Crippen molar-refractivity contribution in [3.8, 4) is 38.7 Å². The SMILES string of the molecule is Cc1cccc(C)c1-c1nc(NS(=O)(=O)c2cccc(-c3cnc[nH]3)c2)sc1-c1cccc(OC2CCC(C)(C)C2)c1. The Kier molecular flexibility index (Phi) is 7.41. The molecule has 9 heteroatoms. The Morgan fingerprint density at radius 2 is 1.74 bits per heavy atom. The van der Waals surface area contributed by atoms with Crippen LogP contribution in [0.5, 0.6) is 5.75 Å². The predicted molar refractivity (Wildman–Crippen MR) is 169 cm³/mol. The fourth-order valence-corrected chi connectivity index (χ4v) is 7.96. The highest BCUT2D eigenvalue weighted by atomic mass is 32.2. The van der Waals surface area contributed by atoms with Gasteiger partial charge >= 0.3 is 0 Å². The van der Waals surface area contributed by atoms with Crippen LogP contribution in [0.25, 0.3) is 33.0 Å². The van der Waals surface area contributed by atoms with Gasteiger partial charge in [0, 0.05) is 11.1 Å². The van der Waals surface area contributed by atoms with Crippen LogP contribution in [0.1, 0.15) is 44.2 Å². The van der Waals surface area contributed by atoms with Crippen LogP contribution >= 0.6 is 11.3 Å². The van der Waals surface area contributed by atoms with Gasteiger partial charge in [-0.05, 0) is 79.5 Å². The first-order valence-electron chi connectivity index (χ1n) is 14.0. The smallest absolute Gasteiger partial charge is 0.263 e. The molecule has 0 saturated heterocycles. The van der Waals surface area contributed by atoms with Gasteiger partial charge in [-0.3, -0.25) is 4.72 Å². The van der Waals surface area contributed by atoms with Gasteiger partial charge in [0.15, 0.2) is 5.13 Å². The molecule has 1 unspecified atom stereocenters. The third-order valence-electron chi connectivity index (χ3n) is 7.84.